The van der Waals surface area contributed by atoms with Gasteiger partial charge < -0.3 is 4.74 Å². The van der Waals surface area contributed by atoms with Crippen molar-refractivity contribution in [1.82, 2.24) is 9.80 Å². The van der Waals surface area contributed by atoms with Crippen molar-refractivity contribution in [3.63, 3.8) is 0 Å². The summed E-state index contributed by atoms with van der Waals surface area (Å²) in [5.74, 6) is 8.74. The first kappa shape index (κ1) is 57.0. The number of allylic oxidation sites excluding steroid dienone is 13. The molecule has 14 aliphatic rings. The van der Waals surface area contributed by atoms with Gasteiger partial charge in [0.2, 0.25) is 0 Å². The van der Waals surface area contributed by atoms with Gasteiger partial charge in [-0.3, -0.25) is 9.80 Å². The Hall–Kier alpha value is -2.72. The summed E-state index contributed by atoms with van der Waals surface area (Å²) < 4.78 is 7.08. The standard InChI is InChI=1S/C79H114N2O/c1-6-53-23-27-55(28-24-53)56-29-42-64(43-30-56)81-76-21-13-11-19-71(76)72-51-59(33-50-77(72)81)57-31-40-63(41-32-57)80(75-22-14-16-58-15-8-9-17-68(58)75)65-44-49-70-69-18-10-12-20-73(69)79(74(70)52-65,61-36-34-60(35-37-61)78(3,4)5)62-38-47-67(48-39-62)82-66-45-25-54(7-2)26-46-66/h6-7,10-11,13,18,23,25,27,29,38,57-61,63-69,71-73,75-77H,1-2,8-9,12,14-17,19-22,24,26,28,30-37,39-52H2,3-5H3/t57?,58?,59?,60?,61?,63?,64?,65?,66-,67?,68?,69?,71?,72?,73?,75?,76?,77?,79?/m1/s1. The van der Waals surface area contributed by atoms with Crippen molar-refractivity contribution >= 4 is 0 Å². The third-order valence-corrected chi connectivity index (χ3v) is 27.5. The summed E-state index contributed by atoms with van der Waals surface area (Å²) in [5, 5.41) is 0. The molecule has 446 valence electrons. The minimum absolute atomic E-state index is 0.256. The van der Waals surface area contributed by atoms with Gasteiger partial charge in [-0.15, -0.1) is 0 Å². The Labute approximate surface area is 501 Å². The topological polar surface area (TPSA) is 15.7 Å². The van der Waals surface area contributed by atoms with Gasteiger partial charge in [-0.25, -0.2) is 0 Å². The van der Waals surface area contributed by atoms with Gasteiger partial charge in [0.15, 0.2) is 0 Å². The van der Waals surface area contributed by atoms with Gasteiger partial charge in [0.25, 0.3) is 0 Å². The van der Waals surface area contributed by atoms with Gasteiger partial charge in [-0.1, -0.05) is 155 Å². The third kappa shape index (κ3) is 10.8. The summed E-state index contributed by atoms with van der Waals surface area (Å²) in [5.41, 5.74) is 12.7. The number of nitrogens with zero attached hydrogens (tertiary/aromatic N) is 2. The number of likely N-dealkylation sites (tertiary alicyclic amines) is 1. The quantitative estimate of drug-likeness (QED) is 0.181. The third-order valence-electron chi connectivity index (χ3n) is 27.5. The van der Waals surface area contributed by atoms with Crippen molar-refractivity contribution in [2.45, 2.75) is 300 Å². The number of rotatable bonds is 12. The molecule has 1 heterocycles. The lowest BCUT2D eigenvalue weighted by Crippen LogP contribution is -2.57. The van der Waals surface area contributed by atoms with Gasteiger partial charge in [-0.2, -0.15) is 0 Å². The molecule has 6 fully saturated rings. The van der Waals surface area contributed by atoms with Crippen LogP contribution in [-0.2, 0) is 4.74 Å². The second kappa shape index (κ2) is 24.4. The van der Waals surface area contributed by atoms with E-state index < -0.39 is 0 Å². The van der Waals surface area contributed by atoms with E-state index in [1.54, 1.807) is 11.1 Å². The van der Waals surface area contributed by atoms with Gasteiger partial charge in [-0.05, 0) is 274 Å². The number of hydrogen-bond acceptors (Lipinski definition) is 3. The fourth-order valence-corrected chi connectivity index (χ4v) is 23.7. The summed E-state index contributed by atoms with van der Waals surface area (Å²) in [4.78, 5) is 6.70. The van der Waals surface area contributed by atoms with Crippen molar-refractivity contribution < 1.29 is 4.74 Å². The van der Waals surface area contributed by atoms with Crippen molar-refractivity contribution in [2.24, 2.45) is 70.0 Å². The normalized spacial score (nSPS) is 43.5. The highest BCUT2D eigenvalue weighted by Gasteiger charge is 2.61. The number of fused-ring (bicyclic) bond motifs is 6. The largest absolute Gasteiger partial charge is 0.374 e. The Bertz CT molecular complexity index is 2570. The molecule has 0 amide bonds. The highest BCUT2D eigenvalue weighted by atomic mass is 16.5. The first-order chi connectivity index (χ1) is 40.2. The van der Waals surface area contributed by atoms with Crippen LogP contribution < -0.4 is 0 Å². The van der Waals surface area contributed by atoms with Crippen LogP contribution in [0, 0.1) is 70.0 Å². The maximum atomic E-state index is 7.08. The van der Waals surface area contributed by atoms with Gasteiger partial charge >= 0.3 is 0 Å². The Morgan fingerprint density at radius 2 is 1.37 bits per heavy atom. The predicted molar refractivity (Wildman–Crippen MR) is 344 cm³/mol. The molecule has 82 heavy (non-hydrogen) atoms. The van der Waals surface area contributed by atoms with Crippen LogP contribution in [0.4, 0.5) is 0 Å². The first-order valence-corrected chi connectivity index (χ1v) is 36.1. The molecule has 0 N–H and O–H groups in total. The molecule has 5 saturated carbocycles. The lowest BCUT2D eigenvalue weighted by Gasteiger charge is -2.56. The van der Waals surface area contributed by atoms with E-state index in [0.717, 1.165) is 122 Å². The van der Waals surface area contributed by atoms with Crippen LogP contribution in [-0.4, -0.2) is 58.3 Å². The molecule has 14 rings (SSSR count). The summed E-state index contributed by atoms with van der Waals surface area (Å²) in [7, 11) is 0. The van der Waals surface area contributed by atoms with Crippen LogP contribution in [0.5, 0.6) is 0 Å². The van der Waals surface area contributed by atoms with Crippen molar-refractivity contribution in [1.29, 1.82) is 0 Å². The molecule has 14 unspecified atom stereocenters. The molecule has 3 nitrogen and oxygen atoms in total. The summed E-state index contributed by atoms with van der Waals surface area (Å²) in [6.07, 6.45) is 77.9. The fraction of sp³-hybridized carbons (Fsp3) is 0.747. The smallest absolute Gasteiger partial charge is 0.0616 e. The highest BCUT2D eigenvalue weighted by molar-refractivity contribution is 5.48. The molecule has 15 atom stereocenters. The van der Waals surface area contributed by atoms with Crippen molar-refractivity contribution in [2.75, 3.05) is 0 Å². The van der Waals surface area contributed by atoms with E-state index in [1.165, 1.54) is 210 Å². The zero-order valence-electron chi connectivity index (χ0n) is 52.4. The van der Waals surface area contributed by atoms with Crippen LogP contribution >= 0.6 is 0 Å². The lowest BCUT2D eigenvalue weighted by atomic mass is 9.51. The lowest BCUT2D eigenvalue weighted by molar-refractivity contribution is -0.0372. The zero-order chi connectivity index (χ0) is 55.5. The average Bonchev–Trinajstić information content (AvgIpc) is 2.41. The van der Waals surface area contributed by atoms with E-state index in [-0.39, 0.29) is 5.41 Å². The summed E-state index contributed by atoms with van der Waals surface area (Å²) in [6.45, 7) is 15.8. The minimum Gasteiger partial charge on any atom is -0.374 e. The first-order valence-electron chi connectivity index (χ1n) is 36.1. The molecule has 0 aromatic heterocycles. The molecule has 0 spiro atoms. The van der Waals surface area contributed by atoms with Gasteiger partial charge in [0.05, 0.1) is 12.2 Å². The monoisotopic (exact) mass is 1110 g/mol. The molecule has 13 aliphatic carbocycles. The van der Waals surface area contributed by atoms with Crippen molar-refractivity contribution in [3.8, 4) is 0 Å². The Balaban J connectivity index is 0.718. The Kier molecular flexibility index (Phi) is 17.0. The highest BCUT2D eigenvalue weighted by Crippen LogP contribution is 2.69. The maximum absolute atomic E-state index is 7.08. The molecular formula is C79H114N2O. The molecule has 1 aliphatic heterocycles. The fourth-order valence-electron chi connectivity index (χ4n) is 23.7. The maximum Gasteiger partial charge on any atom is 0.0616 e. The van der Waals surface area contributed by atoms with Crippen LogP contribution in [0.25, 0.3) is 0 Å². The number of hydrogen-bond donors (Lipinski definition) is 0. The van der Waals surface area contributed by atoms with E-state index in [4.69, 9.17) is 4.74 Å². The molecule has 0 aromatic rings. The second-order valence-corrected chi connectivity index (χ2v) is 31.9. The molecule has 1 saturated heterocycles. The number of ether oxygens (including phenoxy) is 1. The molecule has 0 radical (unpaired) electrons. The summed E-state index contributed by atoms with van der Waals surface area (Å²) in [6, 6.07) is 4.69. The van der Waals surface area contributed by atoms with Crippen LogP contribution in [0.3, 0.4) is 0 Å². The van der Waals surface area contributed by atoms with Crippen LogP contribution in [0.15, 0.2) is 119 Å². The summed E-state index contributed by atoms with van der Waals surface area (Å²) >= 11 is 0. The van der Waals surface area contributed by atoms with E-state index in [0.29, 0.717) is 23.5 Å². The molecular weight excluding hydrogens is 993 g/mol. The van der Waals surface area contributed by atoms with E-state index >= 15 is 0 Å². The molecule has 0 bridgehead atoms. The Morgan fingerprint density at radius 1 is 0.573 bits per heavy atom. The Morgan fingerprint density at radius 3 is 2.11 bits per heavy atom. The minimum atomic E-state index is 0.256. The zero-order valence-corrected chi connectivity index (χ0v) is 52.4. The van der Waals surface area contributed by atoms with Crippen LogP contribution in [0.1, 0.15) is 252 Å². The SMILES string of the molecule is C=CC1=CC=C(C2=CCC(N3C4CC=CCC4C4CC(C5CCC(N(C6CCC7=C(C6)C(C6=CCC(O[C@@H]8CC=C(C=C)CC8)CC6)(C6CCC(C(C)(C)C)CC6)C6CCC=CC76)C6CCCC7CCCCC76)CC5)CCC43)CC2)CC1. The average molecular weight is 1110 g/mol. The molecule has 3 heteroatoms. The van der Waals surface area contributed by atoms with E-state index in [1.807, 2.05) is 11.1 Å². The van der Waals surface area contributed by atoms with Crippen LogP contribution in [0.2, 0.25) is 0 Å². The second-order valence-electron chi connectivity index (χ2n) is 31.9. The van der Waals surface area contributed by atoms with Gasteiger partial charge in [0.1, 0.15) is 0 Å². The molecule has 0 aromatic carbocycles. The van der Waals surface area contributed by atoms with Crippen molar-refractivity contribution in [3.05, 3.63) is 119 Å². The van der Waals surface area contributed by atoms with E-state index in [2.05, 4.69) is 116 Å². The predicted octanol–water partition coefficient (Wildman–Crippen LogP) is 20.4. The van der Waals surface area contributed by atoms with E-state index in [9.17, 15) is 0 Å². The van der Waals surface area contributed by atoms with Gasteiger partial charge in [0, 0.05) is 47.6 Å².